The minimum Gasteiger partial charge on any atom is -0.480 e. The molecule has 0 aromatic rings. The molecule has 0 aromatic carbocycles. The fraction of sp³-hybridized carbons (Fsp3) is 0.750. The zero-order valence-corrected chi connectivity index (χ0v) is 11.4. The molecule has 0 saturated carbocycles. The van der Waals surface area contributed by atoms with Gasteiger partial charge in [-0.3, -0.25) is 4.79 Å². The molecule has 110 valence electrons. The number of carboxylic acids is 1. The smallest absolute Gasteiger partial charge is 0.326 e. The third kappa shape index (κ3) is 8.01. The van der Waals surface area contributed by atoms with Crippen LogP contribution in [-0.4, -0.2) is 35.1 Å². The predicted octanol–water partition coefficient (Wildman–Crippen LogP) is 0.583. The number of hydrogen-bond donors (Lipinski definition) is 4. The average molecular weight is 273 g/mol. The van der Waals surface area contributed by atoms with Gasteiger partial charge in [-0.1, -0.05) is 20.3 Å². The molecular weight excluding hydrogens is 250 g/mol. The van der Waals surface area contributed by atoms with Crippen LogP contribution in [0.25, 0.3) is 0 Å². The number of nitrogens with two attached hydrogens (primary N) is 1. The second-order valence-electron chi connectivity index (χ2n) is 4.41. The number of hydrogen-bond acceptors (Lipinski definition) is 3. The van der Waals surface area contributed by atoms with Crippen molar-refractivity contribution in [1.82, 2.24) is 10.6 Å². The highest BCUT2D eigenvalue weighted by molar-refractivity contribution is 5.83. The Bertz CT molecular complexity index is 320. The van der Waals surface area contributed by atoms with Gasteiger partial charge in [0, 0.05) is 12.5 Å². The quantitative estimate of drug-likeness (QED) is 0.491. The number of aliphatic carboxylic acids is 1. The van der Waals surface area contributed by atoms with E-state index in [2.05, 4.69) is 10.6 Å². The molecule has 0 fully saturated rings. The highest BCUT2D eigenvalue weighted by Gasteiger charge is 2.21. The van der Waals surface area contributed by atoms with E-state index < -0.39 is 23.9 Å². The maximum atomic E-state index is 11.6. The number of amides is 3. The summed E-state index contributed by atoms with van der Waals surface area (Å²) in [5.74, 6) is -1.77. The van der Waals surface area contributed by atoms with Gasteiger partial charge in [0.2, 0.25) is 5.91 Å². The summed E-state index contributed by atoms with van der Waals surface area (Å²) < 4.78 is 0. The summed E-state index contributed by atoms with van der Waals surface area (Å²) in [5, 5.41) is 14.0. The Morgan fingerprint density at radius 1 is 1.16 bits per heavy atom. The lowest BCUT2D eigenvalue weighted by atomic mass is 10.1. The first-order valence-corrected chi connectivity index (χ1v) is 6.48. The number of carbonyl (C=O) groups excluding carboxylic acids is 2. The van der Waals surface area contributed by atoms with E-state index in [1.165, 1.54) is 0 Å². The van der Waals surface area contributed by atoms with Crippen molar-refractivity contribution in [1.29, 1.82) is 0 Å². The van der Waals surface area contributed by atoms with E-state index in [1.807, 2.05) is 13.8 Å². The largest absolute Gasteiger partial charge is 0.480 e. The molecule has 0 bridgehead atoms. The first-order valence-electron chi connectivity index (χ1n) is 6.48. The van der Waals surface area contributed by atoms with Gasteiger partial charge in [-0.25, -0.2) is 9.59 Å². The summed E-state index contributed by atoms with van der Waals surface area (Å²) in [5.41, 5.74) is 4.95. The maximum Gasteiger partial charge on any atom is 0.326 e. The normalized spacial score (nSPS) is 13.4. The second-order valence-corrected chi connectivity index (χ2v) is 4.41. The van der Waals surface area contributed by atoms with Gasteiger partial charge in [-0.15, -0.1) is 0 Å². The van der Waals surface area contributed by atoms with Crippen molar-refractivity contribution in [2.45, 2.75) is 58.0 Å². The van der Waals surface area contributed by atoms with E-state index in [0.717, 1.165) is 19.3 Å². The minimum absolute atomic E-state index is 0.0113. The lowest BCUT2D eigenvalue weighted by molar-refractivity contribution is -0.139. The molecule has 0 aliphatic rings. The molecule has 0 rings (SSSR count). The third-order valence-corrected chi connectivity index (χ3v) is 2.75. The molecule has 0 heterocycles. The van der Waals surface area contributed by atoms with Gasteiger partial charge < -0.3 is 21.5 Å². The molecule has 0 aliphatic heterocycles. The molecule has 5 N–H and O–H groups in total. The molecule has 0 spiro atoms. The van der Waals surface area contributed by atoms with Crippen molar-refractivity contribution in [3.8, 4) is 0 Å². The SMILES string of the molecule is CCCC(CC)NC(=O)NC(CCC(N)=O)C(=O)O. The molecule has 3 amide bonds. The Hall–Kier alpha value is -1.79. The molecule has 19 heavy (non-hydrogen) atoms. The van der Waals surface area contributed by atoms with E-state index >= 15 is 0 Å². The predicted molar refractivity (Wildman–Crippen MR) is 70.5 cm³/mol. The number of nitrogens with one attached hydrogen (secondary N) is 2. The van der Waals surface area contributed by atoms with E-state index in [4.69, 9.17) is 10.8 Å². The summed E-state index contributed by atoms with van der Waals surface area (Å²) >= 11 is 0. The molecule has 7 nitrogen and oxygen atoms in total. The van der Waals surface area contributed by atoms with Crippen LogP contribution in [0.2, 0.25) is 0 Å². The molecule has 7 heteroatoms. The number of carboxylic acid groups (broad SMARTS) is 1. The summed E-state index contributed by atoms with van der Waals surface area (Å²) in [6, 6.07) is -1.61. The van der Waals surface area contributed by atoms with Crippen LogP contribution in [-0.2, 0) is 9.59 Å². The molecule has 0 saturated heterocycles. The Kier molecular flexibility index (Phi) is 8.32. The number of carbonyl (C=O) groups is 3. The zero-order valence-electron chi connectivity index (χ0n) is 11.4. The van der Waals surface area contributed by atoms with E-state index in [9.17, 15) is 14.4 Å². The van der Waals surface area contributed by atoms with Gasteiger partial charge in [0.25, 0.3) is 0 Å². The first-order chi connectivity index (χ1) is 8.90. The lowest BCUT2D eigenvalue weighted by Crippen LogP contribution is -2.49. The average Bonchev–Trinajstić information content (AvgIpc) is 2.33. The molecular formula is C12H23N3O4. The maximum absolute atomic E-state index is 11.6. The first kappa shape index (κ1) is 17.2. The second kappa shape index (κ2) is 9.18. The van der Waals surface area contributed by atoms with Crippen LogP contribution in [0.5, 0.6) is 0 Å². The Morgan fingerprint density at radius 3 is 2.21 bits per heavy atom. The summed E-state index contributed by atoms with van der Waals surface area (Å²) in [6.07, 6.45) is 2.46. The van der Waals surface area contributed by atoms with E-state index in [-0.39, 0.29) is 18.9 Å². The van der Waals surface area contributed by atoms with Gasteiger partial charge in [0.05, 0.1) is 0 Å². The Balaban J connectivity index is 4.30. The van der Waals surface area contributed by atoms with Gasteiger partial charge >= 0.3 is 12.0 Å². The van der Waals surface area contributed by atoms with Crippen LogP contribution < -0.4 is 16.4 Å². The van der Waals surface area contributed by atoms with Gasteiger partial charge in [-0.2, -0.15) is 0 Å². The molecule has 2 unspecified atom stereocenters. The Labute approximate surface area is 112 Å². The van der Waals surface area contributed by atoms with Gasteiger partial charge in [-0.05, 0) is 19.3 Å². The van der Waals surface area contributed by atoms with Crippen molar-refractivity contribution < 1.29 is 19.5 Å². The standard InChI is InChI=1S/C12H23N3O4/c1-3-5-8(4-2)14-12(19)15-9(11(17)18)6-7-10(13)16/h8-9H,3-7H2,1-2H3,(H2,13,16)(H,17,18)(H2,14,15,19). The number of rotatable bonds is 9. The van der Waals surface area contributed by atoms with Crippen molar-refractivity contribution in [2.24, 2.45) is 5.73 Å². The van der Waals surface area contributed by atoms with Crippen LogP contribution >= 0.6 is 0 Å². The lowest BCUT2D eigenvalue weighted by Gasteiger charge is -2.19. The molecule has 2 atom stereocenters. The summed E-state index contributed by atoms with van der Waals surface area (Å²) in [7, 11) is 0. The van der Waals surface area contributed by atoms with E-state index in [0.29, 0.717) is 0 Å². The summed E-state index contributed by atoms with van der Waals surface area (Å²) in [6.45, 7) is 3.96. The van der Waals surface area contributed by atoms with Crippen molar-refractivity contribution in [3.63, 3.8) is 0 Å². The van der Waals surface area contributed by atoms with Gasteiger partial charge in [0.1, 0.15) is 6.04 Å². The Morgan fingerprint density at radius 2 is 1.79 bits per heavy atom. The zero-order chi connectivity index (χ0) is 14.8. The molecule has 0 aliphatic carbocycles. The van der Waals surface area contributed by atoms with Crippen LogP contribution in [0, 0.1) is 0 Å². The highest BCUT2D eigenvalue weighted by Crippen LogP contribution is 2.02. The minimum atomic E-state index is -1.18. The number of primary amides is 1. The van der Waals surface area contributed by atoms with Crippen LogP contribution in [0.4, 0.5) is 4.79 Å². The molecule has 0 aromatic heterocycles. The third-order valence-electron chi connectivity index (χ3n) is 2.75. The number of urea groups is 1. The van der Waals surface area contributed by atoms with Crippen molar-refractivity contribution in [2.75, 3.05) is 0 Å². The van der Waals surface area contributed by atoms with Gasteiger partial charge in [0.15, 0.2) is 0 Å². The monoisotopic (exact) mass is 273 g/mol. The molecule has 0 radical (unpaired) electrons. The summed E-state index contributed by atoms with van der Waals surface area (Å²) in [4.78, 5) is 33.2. The van der Waals surface area contributed by atoms with Crippen molar-refractivity contribution in [3.05, 3.63) is 0 Å². The van der Waals surface area contributed by atoms with Crippen molar-refractivity contribution >= 4 is 17.9 Å². The van der Waals surface area contributed by atoms with E-state index in [1.54, 1.807) is 0 Å². The fourth-order valence-corrected chi connectivity index (χ4v) is 1.66. The van der Waals surface area contributed by atoms with Crippen LogP contribution in [0.15, 0.2) is 0 Å². The van der Waals surface area contributed by atoms with Crippen LogP contribution in [0.3, 0.4) is 0 Å². The topological polar surface area (TPSA) is 122 Å². The highest BCUT2D eigenvalue weighted by atomic mass is 16.4. The fourth-order valence-electron chi connectivity index (χ4n) is 1.66. The van der Waals surface area contributed by atoms with Crippen LogP contribution in [0.1, 0.15) is 46.0 Å².